The highest BCUT2D eigenvalue weighted by Gasteiger charge is 2.23. The van der Waals surface area contributed by atoms with Crippen molar-refractivity contribution in [2.45, 2.75) is 0 Å². The number of hydrogen-bond donors (Lipinski definition) is 0. The molecule has 0 aliphatic heterocycles. The van der Waals surface area contributed by atoms with Crippen LogP contribution in [0.2, 0.25) is 0 Å². The van der Waals surface area contributed by atoms with E-state index in [1.54, 1.807) is 0 Å². The van der Waals surface area contributed by atoms with Crippen LogP contribution in [0.3, 0.4) is 0 Å². The van der Waals surface area contributed by atoms with E-state index in [9.17, 15) is 0 Å². The number of aromatic nitrogens is 2. The molecular formula is C30H20N2. The molecule has 0 radical (unpaired) electrons. The highest BCUT2D eigenvalue weighted by Crippen LogP contribution is 2.49. The van der Waals surface area contributed by atoms with Crippen molar-refractivity contribution < 1.29 is 0 Å². The molecular weight excluding hydrogens is 388 g/mol. The Kier molecular flexibility index (Phi) is 4.47. The summed E-state index contributed by atoms with van der Waals surface area (Å²) in [6, 6.07) is 34.5. The van der Waals surface area contributed by atoms with E-state index >= 15 is 0 Å². The lowest BCUT2D eigenvalue weighted by atomic mass is 9.99. The van der Waals surface area contributed by atoms with E-state index in [0.29, 0.717) is 0 Å². The van der Waals surface area contributed by atoms with Crippen LogP contribution in [0.1, 0.15) is 0 Å². The van der Waals surface area contributed by atoms with Crippen LogP contribution in [0.4, 0.5) is 0 Å². The van der Waals surface area contributed by atoms with Gasteiger partial charge in [0, 0.05) is 24.8 Å². The minimum absolute atomic E-state index is 1.18. The van der Waals surface area contributed by atoms with Gasteiger partial charge in [-0.3, -0.25) is 9.97 Å². The van der Waals surface area contributed by atoms with Gasteiger partial charge in [0.1, 0.15) is 0 Å². The van der Waals surface area contributed by atoms with E-state index in [0.717, 1.165) is 0 Å². The largest absolute Gasteiger partial charge is 0.265 e. The Morgan fingerprint density at radius 3 is 1.03 bits per heavy atom. The van der Waals surface area contributed by atoms with Gasteiger partial charge in [0.05, 0.1) is 0 Å². The maximum absolute atomic E-state index is 4.21. The van der Waals surface area contributed by atoms with Crippen LogP contribution < -0.4 is 0 Å². The summed E-state index contributed by atoms with van der Waals surface area (Å²) in [4.78, 5) is 8.42. The third-order valence-electron chi connectivity index (χ3n) is 6.09. The van der Waals surface area contributed by atoms with Crippen molar-refractivity contribution in [3.8, 4) is 55.6 Å². The third kappa shape index (κ3) is 3.05. The highest BCUT2D eigenvalue weighted by molar-refractivity contribution is 6.05. The Hall–Kier alpha value is -4.30. The number of nitrogens with zero attached hydrogens (tertiary/aromatic N) is 2. The zero-order chi connectivity index (χ0) is 21.3. The molecule has 0 N–H and O–H groups in total. The van der Waals surface area contributed by atoms with Crippen molar-refractivity contribution >= 4 is 0 Å². The molecule has 0 fully saturated rings. The minimum Gasteiger partial charge on any atom is -0.265 e. The molecule has 0 atom stereocenters. The lowest BCUT2D eigenvalue weighted by Gasteiger charge is -2.04. The van der Waals surface area contributed by atoms with E-state index < -0.39 is 0 Å². The van der Waals surface area contributed by atoms with Crippen molar-refractivity contribution in [3.63, 3.8) is 0 Å². The fourth-order valence-electron chi connectivity index (χ4n) is 4.62. The average molecular weight is 409 g/mol. The molecule has 0 saturated heterocycles. The molecule has 0 spiro atoms. The van der Waals surface area contributed by atoms with Crippen LogP contribution in [0.25, 0.3) is 55.6 Å². The first-order valence-corrected chi connectivity index (χ1v) is 10.7. The molecule has 2 heterocycles. The van der Waals surface area contributed by atoms with Gasteiger partial charge in [-0.05, 0) is 92.0 Å². The molecule has 0 amide bonds. The summed E-state index contributed by atoms with van der Waals surface area (Å²) in [5.41, 5.74) is 12.3. The Morgan fingerprint density at radius 1 is 0.312 bits per heavy atom. The fourth-order valence-corrected chi connectivity index (χ4v) is 4.62. The number of rotatable bonds is 3. The van der Waals surface area contributed by atoms with E-state index in [1.807, 2.05) is 24.8 Å². The second-order valence-electron chi connectivity index (χ2n) is 7.89. The molecule has 0 saturated carbocycles. The molecule has 2 aromatic heterocycles. The smallest absolute Gasteiger partial charge is 0.0273 e. The van der Waals surface area contributed by atoms with Crippen LogP contribution in [0.5, 0.6) is 0 Å². The first-order chi connectivity index (χ1) is 15.9. The van der Waals surface area contributed by atoms with Gasteiger partial charge in [-0.1, -0.05) is 60.7 Å². The maximum Gasteiger partial charge on any atom is 0.0273 e. The summed E-state index contributed by atoms with van der Waals surface area (Å²) >= 11 is 0. The second kappa shape index (κ2) is 7.75. The maximum atomic E-state index is 4.21. The lowest BCUT2D eigenvalue weighted by molar-refractivity contribution is 1.33. The zero-order valence-electron chi connectivity index (χ0n) is 17.4. The minimum atomic E-state index is 1.18. The van der Waals surface area contributed by atoms with Gasteiger partial charge in [0.2, 0.25) is 0 Å². The number of pyridine rings is 2. The van der Waals surface area contributed by atoms with Crippen LogP contribution in [0, 0.1) is 0 Å². The summed E-state index contributed by atoms with van der Waals surface area (Å²) in [5, 5.41) is 0. The fraction of sp³-hybridized carbons (Fsp3) is 0. The molecule has 2 heteroatoms. The molecule has 6 rings (SSSR count). The quantitative estimate of drug-likeness (QED) is 0.300. The van der Waals surface area contributed by atoms with Gasteiger partial charge in [-0.15, -0.1) is 0 Å². The van der Waals surface area contributed by atoms with Crippen molar-refractivity contribution in [2.24, 2.45) is 0 Å². The standard InChI is InChI=1S/C30H20N2/c1-3-7-23-25(9-5-1)29(19-27(23)21-11-15-31-16-12-21)30-20-28(22-13-17-32-18-14-22)24-8-4-2-6-10-26(24)30/h1-20H. The summed E-state index contributed by atoms with van der Waals surface area (Å²) in [6.07, 6.45) is 7.43. The van der Waals surface area contributed by atoms with Crippen molar-refractivity contribution in [3.05, 3.63) is 122 Å². The molecule has 2 nitrogen and oxygen atoms in total. The first kappa shape index (κ1) is 18.5. The second-order valence-corrected chi connectivity index (χ2v) is 7.89. The van der Waals surface area contributed by atoms with Gasteiger partial charge in [0.25, 0.3) is 0 Å². The van der Waals surface area contributed by atoms with Crippen LogP contribution in [0.15, 0.2) is 122 Å². The molecule has 2 aromatic rings. The summed E-state index contributed by atoms with van der Waals surface area (Å²) in [6.45, 7) is 0. The van der Waals surface area contributed by atoms with Gasteiger partial charge < -0.3 is 0 Å². The highest BCUT2D eigenvalue weighted by atomic mass is 14.6. The van der Waals surface area contributed by atoms with Gasteiger partial charge in [0.15, 0.2) is 0 Å². The SMILES string of the molecule is c1ccc2c(-c3ccncc3)cc(-c3cc(-c4ccncc4)c4cccccc3-4)c-2cc1. The lowest BCUT2D eigenvalue weighted by Crippen LogP contribution is -1.78. The van der Waals surface area contributed by atoms with Crippen molar-refractivity contribution in [1.29, 1.82) is 0 Å². The molecule has 0 unspecified atom stereocenters. The van der Waals surface area contributed by atoms with Crippen LogP contribution in [-0.2, 0) is 0 Å². The Bertz CT molecular complexity index is 1340. The van der Waals surface area contributed by atoms with Crippen molar-refractivity contribution in [2.75, 3.05) is 0 Å². The summed E-state index contributed by atoms with van der Waals surface area (Å²) in [5.74, 6) is 0. The normalized spacial score (nSPS) is 11.1. The summed E-state index contributed by atoms with van der Waals surface area (Å²) < 4.78 is 0. The van der Waals surface area contributed by atoms with E-state index in [2.05, 4.69) is 107 Å². The zero-order valence-corrected chi connectivity index (χ0v) is 17.4. The molecule has 0 aromatic carbocycles. The Balaban J connectivity index is 1.65. The van der Waals surface area contributed by atoms with Gasteiger partial charge in [-0.25, -0.2) is 0 Å². The molecule has 4 aliphatic carbocycles. The average Bonchev–Trinajstić information content (AvgIpc) is 3.14. The molecule has 32 heavy (non-hydrogen) atoms. The Morgan fingerprint density at radius 2 is 0.656 bits per heavy atom. The van der Waals surface area contributed by atoms with Crippen LogP contribution in [-0.4, -0.2) is 9.97 Å². The first-order valence-electron chi connectivity index (χ1n) is 10.7. The monoisotopic (exact) mass is 408 g/mol. The number of fused-ring (bicyclic) bond motifs is 2. The van der Waals surface area contributed by atoms with Crippen molar-refractivity contribution in [1.82, 2.24) is 9.97 Å². The Labute approximate surface area is 187 Å². The van der Waals surface area contributed by atoms with E-state index in [-0.39, 0.29) is 0 Å². The van der Waals surface area contributed by atoms with E-state index in [4.69, 9.17) is 0 Å². The predicted molar refractivity (Wildman–Crippen MR) is 132 cm³/mol. The molecule has 4 aliphatic rings. The topological polar surface area (TPSA) is 25.8 Å². The third-order valence-corrected chi connectivity index (χ3v) is 6.09. The van der Waals surface area contributed by atoms with Gasteiger partial charge in [-0.2, -0.15) is 0 Å². The van der Waals surface area contributed by atoms with Crippen LogP contribution >= 0.6 is 0 Å². The number of hydrogen-bond acceptors (Lipinski definition) is 2. The predicted octanol–water partition coefficient (Wildman–Crippen LogP) is 7.69. The van der Waals surface area contributed by atoms with E-state index in [1.165, 1.54) is 55.6 Å². The molecule has 150 valence electrons. The molecule has 0 bridgehead atoms. The van der Waals surface area contributed by atoms with Gasteiger partial charge >= 0.3 is 0 Å². The summed E-state index contributed by atoms with van der Waals surface area (Å²) in [7, 11) is 0.